The smallest absolute Gasteiger partial charge is 0.359 e. The number of nitrogens with zero attached hydrogens (tertiary/aromatic N) is 2. The molecule has 1 heterocycles. The summed E-state index contributed by atoms with van der Waals surface area (Å²) >= 11 is 5.96. The summed E-state index contributed by atoms with van der Waals surface area (Å²) in [6, 6.07) is 14.3. The summed E-state index contributed by atoms with van der Waals surface area (Å²) in [5.74, 6) is -0.818. The second kappa shape index (κ2) is 5.86. The minimum atomic E-state index is -0.604. The zero-order valence-corrected chi connectivity index (χ0v) is 14.1. The van der Waals surface area contributed by atoms with Gasteiger partial charge in [0.2, 0.25) is 0 Å². The van der Waals surface area contributed by atoms with E-state index >= 15 is 0 Å². The van der Waals surface area contributed by atoms with Crippen LogP contribution in [0.3, 0.4) is 0 Å². The summed E-state index contributed by atoms with van der Waals surface area (Å²) in [7, 11) is 0. The van der Waals surface area contributed by atoms with Gasteiger partial charge in [0.25, 0.3) is 0 Å². The molecule has 0 spiro atoms. The highest BCUT2D eigenvalue weighted by molar-refractivity contribution is 6.30. The second-order valence-corrected chi connectivity index (χ2v) is 5.99. The fraction of sp³-hybridized carbons (Fsp3) is 0.105. The average Bonchev–Trinajstić information content (AvgIpc) is 3.14. The molecule has 6 heteroatoms. The monoisotopic (exact) mass is 352 g/mol. The molecule has 0 aliphatic heterocycles. The third-order valence-corrected chi connectivity index (χ3v) is 4.33. The summed E-state index contributed by atoms with van der Waals surface area (Å²) in [5.41, 5.74) is 2.94. The van der Waals surface area contributed by atoms with Gasteiger partial charge in [-0.2, -0.15) is 5.10 Å². The molecule has 0 amide bonds. The van der Waals surface area contributed by atoms with Crippen LogP contribution >= 0.6 is 11.6 Å². The van der Waals surface area contributed by atoms with Crippen molar-refractivity contribution in [2.75, 3.05) is 6.61 Å². The average molecular weight is 353 g/mol. The summed E-state index contributed by atoms with van der Waals surface area (Å²) in [5, 5.41) is 4.97. The van der Waals surface area contributed by atoms with Crippen molar-refractivity contribution < 1.29 is 14.3 Å². The van der Waals surface area contributed by atoms with E-state index in [1.807, 2.05) is 12.1 Å². The molecular formula is C19H13ClN2O3. The predicted molar refractivity (Wildman–Crippen MR) is 93.4 cm³/mol. The number of rotatable bonds is 3. The van der Waals surface area contributed by atoms with Gasteiger partial charge < -0.3 is 4.74 Å². The molecule has 25 heavy (non-hydrogen) atoms. The van der Waals surface area contributed by atoms with Crippen molar-refractivity contribution in [3.05, 3.63) is 70.4 Å². The SMILES string of the molecule is CCOC(=O)c1nn(-c2ccc(Cl)cc2)c2c1C(=O)c1ccccc1-2. The Morgan fingerprint density at radius 3 is 2.48 bits per heavy atom. The predicted octanol–water partition coefficient (Wildman–Crippen LogP) is 3.91. The molecule has 5 nitrogen and oxygen atoms in total. The van der Waals surface area contributed by atoms with Crippen LogP contribution in [0.2, 0.25) is 5.02 Å². The Bertz CT molecular complexity index is 1010. The third kappa shape index (κ3) is 2.36. The molecule has 4 rings (SSSR count). The van der Waals surface area contributed by atoms with Crippen LogP contribution in [0.15, 0.2) is 48.5 Å². The number of hydrogen-bond acceptors (Lipinski definition) is 4. The van der Waals surface area contributed by atoms with Crippen molar-refractivity contribution in [1.29, 1.82) is 0 Å². The van der Waals surface area contributed by atoms with E-state index in [0.717, 1.165) is 5.56 Å². The lowest BCUT2D eigenvalue weighted by atomic mass is 10.1. The number of halogens is 1. The number of fused-ring (bicyclic) bond motifs is 3. The largest absolute Gasteiger partial charge is 0.461 e. The van der Waals surface area contributed by atoms with E-state index in [-0.39, 0.29) is 23.6 Å². The van der Waals surface area contributed by atoms with Gasteiger partial charge in [-0.05, 0) is 31.2 Å². The molecule has 1 aliphatic rings. The summed E-state index contributed by atoms with van der Waals surface area (Å²) in [6.07, 6.45) is 0. The number of carbonyl (C=O) groups is 2. The topological polar surface area (TPSA) is 61.2 Å². The summed E-state index contributed by atoms with van der Waals surface area (Å²) < 4.78 is 6.68. The quantitative estimate of drug-likeness (QED) is 0.524. The second-order valence-electron chi connectivity index (χ2n) is 5.56. The molecule has 124 valence electrons. The van der Waals surface area contributed by atoms with Gasteiger partial charge in [0.15, 0.2) is 11.5 Å². The molecule has 0 fully saturated rings. The number of ether oxygens (including phenoxy) is 1. The first-order valence-electron chi connectivity index (χ1n) is 7.82. The molecular weight excluding hydrogens is 340 g/mol. The number of benzene rings is 2. The van der Waals surface area contributed by atoms with Crippen LogP contribution in [0.25, 0.3) is 16.9 Å². The normalized spacial score (nSPS) is 12.0. The standard InChI is InChI=1S/C19H13ClN2O3/c1-2-25-19(24)16-15-17(13-5-3-4-6-14(13)18(15)23)22(21-16)12-9-7-11(20)8-10-12/h3-10H,2H2,1H3. The van der Waals surface area contributed by atoms with Gasteiger partial charge in [0.1, 0.15) is 0 Å². The van der Waals surface area contributed by atoms with Crippen LogP contribution in [0.4, 0.5) is 0 Å². The van der Waals surface area contributed by atoms with E-state index in [4.69, 9.17) is 16.3 Å². The Hall–Kier alpha value is -2.92. The van der Waals surface area contributed by atoms with E-state index in [2.05, 4.69) is 5.10 Å². The van der Waals surface area contributed by atoms with E-state index in [9.17, 15) is 9.59 Å². The van der Waals surface area contributed by atoms with Crippen molar-refractivity contribution in [3.63, 3.8) is 0 Å². The van der Waals surface area contributed by atoms with Crippen LogP contribution in [-0.4, -0.2) is 28.1 Å². The molecule has 0 saturated carbocycles. The van der Waals surface area contributed by atoms with Crippen LogP contribution < -0.4 is 0 Å². The van der Waals surface area contributed by atoms with Crippen molar-refractivity contribution in [2.45, 2.75) is 6.92 Å². The third-order valence-electron chi connectivity index (χ3n) is 4.08. The van der Waals surface area contributed by atoms with E-state index < -0.39 is 5.97 Å². The van der Waals surface area contributed by atoms with Crippen LogP contribution in [-0.2, 0) is 4.74 Å². The minimum Gasteiger partial charge on any atom is -0.461 e. The van der Waals surface area contributed by atoms with Gasteiger partial charge >= 0.3 is 5.97 Å². The highest BCUT2D eigenvalue weighted by Crippen LogP contribution is 2.39. The van der Waals surface area contributed by atoms with Crippen molar-refractivity contribution >= 4 is 23.4 Å². The molecule has 0 bridgehead atoms. The first-order valence-corrected chi connectivity index (χ1v) is 8.19. The Morgan fingerprint density at radius 1 is 1.12 bits per heavy atom. The number of ketones is 1. The number of hydrogen-bond donors (Lipinski definition) is 0. The van der Waals surface area contributed by atoms with Gasteiger partial charge in [-0.1, -0.05) is 35.9 Å². The first-order chi connectivity index (χ1) is 12.1. The van der Waals surface area contributed by atoms with Crippen molar-refractivity contribution in [3.8, 4) is 16.9 Å². The number of esters is 1. The van der Waals surface area contributed by atoms with Gasteiger partial charge in [-0.3, -0.25) is 4.79 Å². The van der Waals surface area contributed by atoms with E-state index in [1.165, 1.54) is 0 Å². The molecule has 0 unspecified atom stereocenters. The van der Waals surface area contributed by atoms with E-state index in [1.54, 1.807) is 48.0 Å². The van der Waals surface area contributed by atoms with Gasteiger partial charge in [0.05, 0.1) is 23.6 Å². The highest BCUT2D eigenvalue weighted by Gasteiger charge is 2.37. The molecule has 1 aliphatic carbocycles. The van der Waals surface area contributed by atoms with Gasteiger partial charge in [-0.25, -0.2) is 9.48 Å². The number of aromatic nitrogens is 2. The maximum atomic E-state index is 12.8. The Balaban J connectivity index is 2.00. The van der Waals surface area contributed by atoms with Gasteiger partial charge in [0, 0.05) is 16.1 Å². The maximum Gasteiger partial charge on any atom is 0.359 e. The molecule has 0 radical (unpaired) electrons. The van der Waals surface area contributed by atoms with Gasteiger partial charge in [-0.15, -0.1) is 0 Å². The highest BCUT2D eigenvalue weighted by atomic mass is 35.5. The minimum absolute atomic E-state index is 0.0352. The first kappa shape index (κ1) is 15.6. The van der Waals surface area contributed by atoms with E-state index in [0.29, 0.717) is 22.0 Å². The molecule has 1 aromatic heterocycles. The Kier molecular flexibility index (Phi) is 3.66. The van der Waals surface area contributed by atoms with Crippen molar-refractivity contribution in [1.82, 2.24) is 9.78 Å². The fourth-order valence-corrected chi connectivity index (χ4v) is 3.14. The van der Waals surface area contributed by atoms with Crippen LogP contribution in [0.1, 0.15) is 33.3 Å². The summed E-state index contributed by atoms with van der Waals surface area (Å²) in [4.78, 5) is 25.2. The molecule has 0 saturated heterocycles. The Morgan fingerprint density at radius 2 is 1.80 bits per heavy atom. The lowest BCUT2D eigenvalue weighted by molar-refractivity contribution is 0.0516. The zero-order valence-electron chi connectivity index (χ0n) is 13.3. The maximum absolute atomic E-state index is 12.8. The zero-order chi connectivity index (χ0) is 17.6. The molecule has 0 N–H and O–H groups in total. The Labute approximate surface area is 148 Å². The molecule has 3 aromatic rings. The lowest BCUT2D eigenvalue weighted by Crippen LogP contribution is -2.11. The fourth-order valence-electron chi connectivity index (χ4n) is 3.02. The molecule has 2 aromatic carbocycles. The number of carbonyl (C=O) groups excluding carboxylic acids is 2. The molecule has 0 atom stereocenters. The van der Waals surface area contributed by atoms with Crippen LogP contribution in [0.5, 0.6) is 0 Å². The summed E-state index contributed by atoms with van der Waals surface area (Å²) in [6.45, 7) is 1.92. The van der Waals surface area contributed by atoms with Crippen molar-refractivity contribution in [2.24, 2.45) is 0 Å². The lowest BCUT2D eigenvalue weighted by Gasteiger charge is -2.07. The van der Waals surface area contributed by atoms with Crippen LogP contribution in [0, 0.1) is 0 Å².